The fourth-order valence-electron chi connectivity index (χ4n) is 2.70. The number of amides is 2. The van der Waals surface area contributed by atoms with Crippen molar-refractivity contribution in [2.24, 2.45) is 5.92 Å². The Hall–Kier alpha value is -3.20. The second kappa shape index (κ2) is 9.33. The predicted molar refractivity (Wildman–Crippen MR) is 109 cm³/mol. The molecule has 3 rings (SSSR count). The molecule has 0 saturated heterocycles. The Morgan fingerprint density at radius 3 is 2.59 bits per heavy atom. The molecule has 3 aromatic rings. The lowest BCUT2D eigenvalue weighted by atomic mass is 10.0. The fraction of sp³-hybridized carbons (Fsp3) is 0.300. The van der Waals surface area contributed by atoms with Gasteiger partial charge in [0.15, 0.2) is 0 Å². The Morgan fingerprint density at radius 1 is 1.21 bits per heavy atom. The molecule has 9 heteroatoms. The molecule has 0 bridgehead atoms. The minimum Gasteiger partial charge on any atom is -0.480 e. The molecule has 0 spiro atoms. The Kier molecular flexibility index (Phi) is 6.61. The van der Waals surface area contributed by atoms with Crippen LogP contribution < -0.4 is 10.6 Å². The van der Waals surface area contributed by atoms with E-state index in [1.807, 2.05) is 55.6 Å². The van der Waals surface area contributed by atoms with E-state index >= 15 is 0 Å². The van der Waals surface area contributed by atoms with Gasteiger partial charge in [-0.05, 0) is 29.3 Å². The maximum absolute atomic E-state index is 12.0. The van der Waals surface area contributed by atoms with Gasteiger partial charge in [0.25, 0.3) is 5.89 Å². The van der Waals surface area contributed by atoms with Gasteiger partial charge in [0.2, 0.25) is 5.82 Å². The molecule has 0 aliphatic rings. The number of aromatic nitrogens is 2. The van der Waals surface area contributed by atoms with Crippen molar-refractivity contribution in [3.63, 3.8) is 0 Å². The number of carbonyl (C=O) groups is 2. The van der Waals surface area contributed by atoms with Gasteiger partial charge in [-0.25, -0.2) is 9.59 Å². The summed E-state index contributed by atoms with van der Waals surface area (Å²) in [5, 5.41) is 20.3. The number of urea groups is 1. The molecule has 1 atom stereocenters. The van der Waals surface area contributed by atoms with E-state index in [2.05, 4.69) is 20.8 Å². The number of thiophene rings is 1. The highest BCUT2D eigenvalue weighted by atomic mass is 32.1. The Morgan fingerprint density at radius 2 is 1.97 bits per heavy atom. The number of hydrogen-bond acceptors (Lipinski definition) is 6. The minimum absolute atomic E-state index is 0.161. The largest absolute Gasteiger partial charge is 0.480 e. The predicted octanol–water partition coefficient (Wildman–Crippen LogP) is 3.76. The molecule has 0 aliphatic heterocycles. The van der Waals surface area contributed by atoms with E-state index in [-0.39, 0.29) is 12.5 Å². The van der Waals surface area contributed by atoms with Crippen LogP contribution in [0.1, 0.15) is 25.8 Å². The van der Waals surface area contributed by atoms with Gasteiger partial charge in [0, 0.05) is 12.1 Å². The molecule has 2 aromatic heterocycles. The highest BCUT2D eigenvalue weighted by molar-refractivity contribution is 7.13. The maximum Gasteiger partial charge on any atom is 0.326 e. The summed E-state index contributed by atoms with van der Waals surface area (Å²) >= 11 is 1.53. The quantitative estimate of drug-likeness (QED) is 0.517. The normalized spacial score (nSPS) is 12.0. The number of carboxylic acid groups (broad SMARTS) is 1. The molecule has 29 heavy (non-hydrogen) atoms. The Bertz CT molecular complexity index is 951. The van der Waals surface area contributed by atoms with Crippen LogP contribution in [0.4, 0.5) is 4.79 Å². The summed E-state index contributed by atoms with van der Waals surface area (Å²) in [7, 11) is 0. The van der Waals surface area contributed by atoms with Gasteiger partial charge < -0.3 is 20.3 Å². The molecular weight excluding hydrogens is 392 g/mol. The van der Waals surface area contributed by atoms with Gasteiger partial charge in [-0.15, -0.1) is 11.3 Å². The standard InChI is InChI=1S/C20H22N4O4S/c1-12(2)10-15(19(25)26)22-20(27)21-11-13-5-7-14(8-6-13)17-23-18(28-24-17)16-4-3-9-29-16/h3-9,12,15H,10-11H2,1-2H3,(H,25,26)(H2,21,22,27)/t15-/m0/s1. The first-order chi connectivity index (χ1) is 13.9. The molecule has 1 aromatic carbocycles. The van der Waals surface area contributed by atoms with Crippen LogP contribution in [0.2, 0.25) is 0 Å². The van der Waals surface area contributed by atoms with E-state index in [1.165, 1.54) is 11.3 Å². The Labute approximate surface area is 172 Å². The van der Waals surface area contributed by atoms with Crippen LogP contribution in [-0.4, -0.2) is 33.3 Å². The number of carbonyl (C=O) groups excluding carboxylic acids is 1. The van der Waals surface area contributed by atoms with Crippen LogP contribution in [0.25, 0.3) is 22.2 Å². The van der Waals surface area contributed by atoms with Crippen LogP contribution in [-0.2, 0) is 11.3 Å². The van der Waals surface area contributed by atoms with E-state index in [0.29, 0.717) is 18.1 Å². The third kappa shape index (κ3) is 5.64. The van der Waals surface area contributed by atoms with Crippen molar-refractivity contribution in [1.82, 2.24) is 20.8 Å². The monoisotopic (exact) mass is 414 g/mol. The summed E-state index contributed by atoms with van der Waals surface area (Å²) in [6.07, 6.45) is 0.371. The van der Waals surface area contributed by atoms with E-state index in [4.69, 9.17) is 4.52 Å². The van der Waals surface area contributed by atoms with Crippen molar-refractivity contribution < 1.29 is 19.2 Å². The van der Waals surface area contributed by atoms with Gasteiger partial charge >= 0.3 is 12.0 Å². The lowest BCUT2D eigenvalue weighted by molar-refractivity contribution is -0.139. The summed E-state index contributed by atoms with van der Waals surface area (Å²) in [5.41, 5.74) is 1.66. The minimum atomic E-state index is -1.04. The van der Waals surface area contributed by atoms with Crippen molar-refractivity contribution in [2.45, 2.75) is 32.9 Å². The number of nitrogens with zero attached hydrogens (tertiary/aromatic N) is 2. The number of rotatable bonds is 8. The van der Waals surface area contributed by atoms with Gasteiger partial charge in [0.1, 0.15) is 6.04 Å². The second-order valence-electron chi connectivity index (χ2n) is 6.94. The molecule has 152 valence electrons. The molecule has 8 nitrogen and oxygen atoms in total. The molecule has 3 N–H and O–H groups in total. The summed E-state index contributed by atoms with van der Waals surface area (Å²) < 4.78 is 5.29. The van der Waals surface area contributed by atoms with Gasteiger partial charge in [-0.1, -0.05) is 49.3 Å². The molecule has 2 amide bonds. The van der Waals surface area contributed by atoms with Gasteiger partial charge in [-0.3, -0.25) is 0 Å². The summed E-state index contributed by atoms with van der Waals surface area (Å²) in [6.45, 7) is 4.08. The summed E-state index contributed by atoms with van der Waals surface area (Å²) in [5.74, 6) is 0.0880. The highest BCUT2D eigenvalue weighted by Gasteiger charge is 2.20. The average molecular weight is 414 g/mol. The van der Waals surface area contributed by atoms with Crippen molar-refractivity contribution in [3.8, 4) is 22.2 Å². The number of aliphatic carboxylic acids is 1. The first-order valence-corrected chi connectivity index (χ1v) is 10.0. The van der Waals surface area contributed by atoms with Crippen molar-refractivity contribution in [2.75, 3.05) is 0 Å². The topological polar surface area (TPSA) is 117 Å². The van der Waals surface area contributed by atoms with E-state index < -0.39 is 18.0 Å². The maximum atomic E-state index is 12.0. The van der Waals surface area contributed by atoms with Crippen molar-refractivity contribution >= 4 is 23.3 Å². The first-order valence-electron chi connectivity index (χ1n) is 9.16. The van der Waals surface area contributed by atoms with Crippen LogP contribution >= 0.6 is 11.3 Å². The first kappa shape index (κ1) is 20.5. The lowest BCUT2D eigenvalue weighted by Gasteiger charge is -2.17. The zero-order valence-corrected chi connectivity index (χ0v) is 16.9. The SMILES string of the molecule is CC(C)C[C@H](NC(=O)NCc1ccc(-c2noc(-c3cccs3)n2)cc1)C(=O)O. The Balaban J connectivity index is 1.55. The van der Waals surface area contributed by atoms with E-state index in [1.54, 1.807) is 0 Å². The summed E-state index contributed by atoms with van der Waals surface area (Å²) in [6, 6.07) is 9.79. The van der Waals surface area contributed by atoms with Crippen LogP contribution in [0.3, 0.4) is 0 Å². The lowest BCUT2D eigenvalue weighted by Crippen LogP contribution is -2.46. The van der Waals surface area contributed by atoms with Crippen molar-refractivity contribution in [1.29, 1.82) is 0 Å². The molecule has 2 heterocycles. The molecule has 0 fully saturated rings. The van der Waals surface area contributed by atoms with Crippen LogP contribution in [0, 0.1) is 5.92 Å². The zero-order valence-electron chi connectivity index (χ0n) is 16.1. The van der Waals surface area contributed by atoms with E-state index in [9.17, 15) is 14.7 Å². The average Bonchev–Trinajstić information content (AvgIpc) is 3.37. The number of carboxylic acids is 1. The molecule has 0 radical (unpaired) electrons. The highest BCUT2D eigenvalue weighted by Crippen LogP contribution is 2.25. The molecule has 0 aliphatic carbocycles. The summed E-state index contributed by atoms with van der Waals surface area (Å²) in [4.78, 5) is 28.5. The number of hydrogen-bond donors (Lipinski definition) is 3. The van der Waals surface area contributed by atoms with E-state index in [0.717, 1.165) is 16.0 Å². The van der Waals surface area contributed by atoms with Gasteiger partial charge in [0.05, 0.1) is 4.88 Å². The fourth-order valence-corrected chi connectivity index (χ4v) is 3.34. The van der Waals surface area contributed by atoms with Crippen LogP contribution in [0.15, 0.2) is 46.3 Å². The molecule has 0 saturated carbocycles. The van der Waals surface area contributed by atoms with Gasteiger partial charge in [-0.2, -0.15) is 4.98 Å². The number of nitrogens with one attached hydrogen (secondary N) is 2. The third-order valence-corrected chi connectivity index (χ3v) is 4.99. The third-order valence-electron chi connectivity index (χ3n) is 4.13. The molecular formula is C20H22N4O4S. The van der Waals surface area contributed by atoms with Crippen LogP contribution in [0.5, 0.6) is 0 Å². The zero-order chi connectivity index (χ0) is 20.8. The molecule has 0 unspecified atom stereocenters. The second-order valence-corrected chi connectivity index (χ2v) is 7.89. The van der Waals surface area contributed by atoms with Crippen molar-refractivity contribution in [3.05, 3.63) is 47.3 Å². The number of benzene rings is 1. The smallest absolute Gasteiger partial charge is 0.326 e.